The van der Waals surface area contributed by atoms with Gasteiger partial charge in [0, 0.05) is 86.6 Å². The SMILES string of the molecule is COc1ccc(N(CCN2CCN(n3cccc3)CC2)S(=O)(=O)c2ccc3c(c2)c2ccccc2n3C)c(OC)n1. The first-order valence-corrected chi connectivity index (χ1v) is 15.0. The molecule has 3 aromatic heterocycles. The first-order chi connectivity index (χ1) is 19.9. The topological polar surface area (TPSA) is 85.1 Å². The van der Waals surface area contributed by atoms with Crippen LogP contribution in [0.4, 0.5) is 5.69 Å². The maximum absolute atomic E-state index is 14.4. The third kappa shape index (κ3) is 4.95. The monoisotopic (exact) mass is 574 g/mol. The molecule has 1 aliphatic rings. The van der Waals surface area contributed by atoms with Crippen LogP contribution in [0.5, 0.6) is 11.8 Å². The number of fused-ring (bicyclic) bond motifs is 3. The lowest BCUT2D eigenvalue weighted by molar-refractivity contribution is 0.246. The zero-order valence-corrected chi connectivity index (χ0v) is 24.3. The molecular weight excluding hydrogens is 540 g/mol. The standard InChI is InChI=1S/C30H34N6O4S/c1-32-26-9-5-4-8-24(26)25-22-23(10-11-27(25)32)41(37,38)36(28-12-13-29(39-2)31-30(28)40-3)21-18-33-16-19-35(20-17-33)34-14-6-7-15-34/h4-15,22H,16-21H2,1-3H3. The second-order valence-electron chi connectivity index (χ2n) is 10.1. The van der Waals surface area contributed by atoms with Crippen molar-refractivity contribution in [3.8, 4) is 11.8 Å². The Kier molecular flexibility index (Phi) is 7.22. The quantitative estimate of drug-likeness (QED) is 0.266. The van der Waals surface area contributed by atoms with Gasteiger partial charge in [-0.2, -0.15) is 4.98 Å². The number of pyridine rings is 1. The van der Waals surface area contributed by atoms with Gasteiger partial charge in [0.05, 0.1) is 19.1 Å². The fourth-order valence-electron chi connectivity index (χ4n) is 5.61. The number of aromatic nitrogens is 3. The van der Waals surface area contributed by atoms with Crippen LogP contribution in [0.15, 0.2) is 84.0 Å². The molecule has 6 rings (SSSR count). The van der Waals surface area contributed by atoms with E-state index in [0.29, 0.717) is 18.1 Å². The van der Waals surface area contributed by atoms with Crippen molar-refractivity contribution in [3.05, 3.63) is 79.1 Å². The molecule has 4 heterocycles. The highest BCUT2D eigenvalue weighted by molar-refractivity contribution is 7.92. The normalized spacial score (nSPS) is 14.6. The molecule has 41 heavy (non-hydrogen) atoms. The summed E-state index contributed by atoms with van der Waals surface area (Å²) in [5.41, 5.74) is 2.40. The third-order valence-corrected chi connectivity index (χ3v) is 9.65. The van der Waals surface area contributed by atoms with Gasteiger partial charge in [-0.05, 0) is 42.5 Å². The molecule has 1 fully saturated rings. The van der Waals surface area contributed by atoms with E-state index in [-0.39, 0.29) is 17.3 Å². The Balaban J connectivity index is 1.34. The summed E-state index contributed by atoms with van der Waals surface area (Å²) in [7, 11) is 1.01. The van der Waals surface area contributed by atoms with Crippen LogP contribution in [-0.4, -0.2) is 81.0 Å². The lowest BCUT2D eigenvalue weighted by Crippen LogP contribution is -2.52. The molecule has 0 unspecified atom stereocenters. The molecule has 10 nitrogen and oxygen atoms in total. The summed E-state index contributed by atoms with van der Waals surface area (Å²) in [5, 5.41) is 4.18. The van der Waals surface area contributed by atoms with Crippen molar-refractivity contribution in [2.75, 3.05) is 62.8 Å². The summed E-state index contributed by atoms with van der Waals surface area (Å²) in [4.78, 5) is 6.90. The van der Waals surface area contributed by atoms with Crippen LogP contribution in [0.3, 0.4) is 0 Å². The molecule has 0 saturated carbocycles. The number of nitrogens with zero attached hydrogens (tertiary/aromatic N) is 6. The largest absolute Gasteiger partial charge is 0.481 e. The number of para-hydroxylation sites is 1. The minimum Gasteiger partial charge on any atom is -0.481 e. The second kappa shape index (κ2) is 11.0. The number of sulfonamides is 1. The Bertz CT molecular complexity index is 1780. The maximum Gasteiger partial charge on any atom is 0.264 e. The van der Waals surface area contributed by atoms with Crippen LogP contribution in [0, 0.1) is 0 Å². The Labute approximate surface area is 239 Å². The average molecular weight is 575 g/mol. The molecule has 5 aromatic rings. The molecule has 0 bridgehead atoms. The van der Waals surface area contributed by atoms with Gasteiger partial charge >= 0.3 is 0 Å². The van der Waals surface area contributed by atoms with Crippen LogP contribution >= 0.6 is 0 Å². The molecule has 11 heteroatoms. The summed E-state index contributed by atoms with van der Waals surface area (Å²) in [6.45, 7) is 4.16. The van der Waals surface area contributed by atoms with E-state index < -0.39 is 10.0 Å². The maximum atomic E-state index is 14.4. The van der Waals surface area contributed by atoms with Gasteiger partial charge in [0.1, 0.15) is 5.69 Å². The molecule has 0 radical (unpaired) electrons. The molecular formula is C30H34N6O4S. The Morgan fingerprint density at radius 2 is 1.59 bits per heavy atom. The van der Waals surface area contributed by atoms with Gasteiger partial charge in [-0.1, -0.05) is 18.2 Å². The fourth-order valence-corrected chi connectivity index (χ4v) is 7.09. The van der Waals surface area contributed by atoms with Crippen molar-refractivity contribution >= 4 is 37.5 Å². The van der Waals surface area contributed by atoms with Crippen molar-refractivity contribution in [3.63, 3.8) is 0 Å². The van der Waals surface area contributed by atoms with E-state index in [9.17, 15) is 8.42 Å². The van der Waals surface area contributed by atoms with E-state index >= 15 is 0 Å². The van der Waals surface area contributed by atoms with Gasteiger partial charge in [-0.15, -0.1) is 0 Å². The summed E-state index contributed by atoms with van der Waals surface area (Å²) >= 11 is 0. The van der Waals surface area contributed by atoms with Crippen molar-refractivity contribution < 1.29 is 17.9 Å². The lowest BCUT2D eigenvalue weighted by atomic mass is 10.1. The number of hydrogen-bond donors (Lipinski definition) is 0. The number of anilines is 1. The van der Waals surface area contributed by atoms with Crippen LogP contribution in [0.25, 0.3) is 21.8 Å². The molecule has 0 atom stereocenters. The van der Waals surface area contributed by atoms with Gasteiger partial charge in [0.25, 0.3) is 10.0 Å². The second-order valence-corrected chi connectivity index (χ2v) is 11.9. The first-order valence-electron chi connectivity index (χ1n) is 13.6. The first kappa shape index (κ1) is 27.0. The highest BCUT2D eigenvalue weighted by Crippen LogP contribution is 2.35. The van der Waals surface area contributed by atoms with Crippen LogP contribution < -0.4 is 18.8 Å². The number of piperazine rings is 1. The highest BCUT2D eigenvalue weighted by Gasteiger charge is 2.30. The number of methoxy groups -OCH3 is 2. The van der Waals surface area contributed by atoms with Crippen molar-refractivity contribution in [2.24, 2.45) is 7.05 Å². The van der Waals surface area contributed by atoms with E-state index in [2.05, 4.69) is 24.1 Å². The van der Waals surface area contributed by atoms with Crippen molar-refractivity contribution in [1.29, 1.82) is 0 Å². The van der Waals surface area contributed by atoms with Gasteiger partial charge in [0.2, 0.25) is 11.8 Å². The van der Waals surface area contributed by atoms with Crippen LogP contribution in [0.2, 0.25) is 0 Å². The molecule has 214 valence electrons. The van der Waals surface area contributed by atoms with E-state index in [1.54, 1.807) is 24.3 Å². The van der Waals surface area contributed by atoms with Crippen LogP contribution in [0.1, 0.15) is 0 Å². The number of benzene rings is 2. The van der Waals surface area contributed by atoms with E-state index in [0.717, 1.165) is 48.0 Å². The molecule has 0 spiro atoms. The van der Waals surface area contributed by atoms with E-state index in [1.165, 1.54) is 18.5 Å². The lowest BCUT2D eigenvalue weighted by Gasteiger charge is -2.37. The van der Waals surface area contributed by atoms with Crippen molar-refractivity contribution in [2.45, 2.75) is 4.90 Å². The minimum atomic E-state index is -3.98. The zero-order chi connectivity index (χ0) is 28.6. The predicted molar refractivity (Wildman–Crippen MR) is 161 cm³/mol. The van der Waals surface area contributed by atoms with E-state index in [4.69, 9.17) is 9.47 Å². The summed E-state index contributed by atoms with van der Waals surface area (Å²) in [6, 6.07) is 20.7. The number of aryl methyl sites for hydroxylation is 1. The van der Waals surface area contributed by atoms with Crippen LogP contribution in [-0.2, 0) is 17.1 Å². The van der Waals surface area contributed by atoms with Gasteiger partial charge in [0.15, 0.2) is 0 Å². The molecule has 0 amide bonds. The molecule has 0 aliphatic carbocycles. The average Bonchev–Trinajstić information content (AvgIpc) is 3.65. The molecule has 2 aromatic carbocycles. The zero-order valence-electron chi connectivity index (χ0n) is 23.5. The van der Waals surface area contributed by atoms with Crippen molar-refractivity contribution in [1.82, 2.24) is 19.1 Å². The summed E-state index contributed by atoms with van der Waals surface area (Å²) < 4.78 is 45.2. The number of hydrogen-bond acceptors (Lipinski definition) is 7. The van der Waals surface area contributed by atoms with Gasteiger partial charge in [-0.25, -0.2) is 8.42 Å². The predicted octanol–water partition coefficient (Wildman–Crippen LogP) is 3.69. The molecule has 1 aliphatic heterocycles. The van der Waals surface area contributed by atoms with Gasteiger partial charge in [-0.3, -0.25) is 13.9 Å². The molecule has 0 N–H and O–H groups in total. The Morgan fingerprint density at radius 3 is 2.32 bits per heavy atom. The summed E-state index contributed by atoms with van der Waals surface area (Å²) in [5.74, 6) is 0.540. The van der Waals surface area contributed by atoms with Gasteiger partial charge < -0.3 is 19.0 Å². The van der Waals surface area contributed by atoms with E-state index in [1.807, 2.05) is 61.9 Å². The minimum absolute atomic E-state index is 0.191. The number of rotatable bonds is 9. The molecule has 1 saturated heterocycles. The summed E-state index contributed by atoms with van der Waals surface area (Å²) in [6.07, 6.45) is 4.08. The Hall–Kier alpha value is -4.22. The fraction of sp³-hybridized carbons (Fsp3) is 0.300. The number of ether oxygens (including phenoxy) is 2. The smallest absolute Gasteiger partial charge is 0.264 e. The third-order valence-electron chi connectivity index (χ3n) is 7.84. The highest BCUT2D eigenvalue weighted by atomic mass is 32.2. The Morgan fingerprint density at radius 1 is 0.854 bits per heavy atom.